The van der Waals surface area contributed by atoms with Crippen molar-refractivity contribution in [3.63, 3.8) is 0 Å². The molecule has 0 aliphatic rings. The van der Waals surface area contributed by atoms with Gasteiger partial charge < -0.3 is 5.11 Å². The lowest BCUT2D eigenvalue weighted by atomic mass is 10.1. The Labute approximate surface area is 113 Å². The normalized spacial score (nSPS) is 10.6. The summed E-state index contributed by atoms with van der Waals surface area (Å²) in [5, 5.41) is 8.95. The van der Waals surface area contributed by atoms with Crippen LogP contribution >= 0.6 is 23.3 Å². The molecule has 1 heterocycles. The van der Waals surface area contributed by atoms with Crippen molar-refractivity contribution in [2.24, 2.45) is 0 Å². The number of nitrogens with zero attached hydrogens (tertiary/aromatic N) is 2. The molecule has 0 spiro atoms. The lowest BCUT2D eigenvalue weighted by Crippen LogP contribution is -1.98. The molecule has 0 bridgehead atoms. The second-order valence-corrected chi connectivity index (χ2v) is 5.79. The van der Waals surface area contributed by atoms with Crippen molar-refractivity contribution in [1.82, 2.24) is 9.36 Å². The summed E-state index contributed by atoms with van der Waals surface area (Å²) in [6.45, 7) is 3.81. The van der Waals surface area contributed by atoms with E-state index in [-0.39, 0.29) is 0 Å². The molecule has 1 aromatic carbocycles. The van der Waals surface area contributed by atoms with E-state index < -0.39 is 5.97 Å². The van der Waals surface area contributed by atoms with Gasteiger partial charge in [0.1, 0.15) is 5.82 Å². The molecule has 94 valence electrons. The molecule has 18 heavy (non-hydrogen) atoms. The Hall–Kier alpha value is -1.40. The maximum Gasteiger partial charge on any atom is 0.335 e. The van der Waals surface area contributed by atoms with Gasteiger partial charge in [0, 0.05) is 11.3 Å². The van der Waals surface area contributed by atoms with Gasteiger partial charge in [-0.3, -0.25) is 0 Å². The summed E-state index contributed by atoms with van der Waals surface area (Å²) >= 11 is 2.88. The molecule has 0 fully saturated rings. The summed E-state index contributed by atoms with van der Waals surface area (Å²) in [7, 11) is 0. The quantitative estimate of drug-likeness (QED) is 0.931. The fourth-order valence-electron chi connectivity index (χ4n) is 1.46. The van der Waals surface area contributed by atoms with Gasteiger partial charge in [0.25, 0.3) is 0 Å². The maximum atomic E-state index is 10.9. The zero-order valence-corrected chi connectivity index (χ0v) is 11.6. The van der Waals surface area contributed by atoms with E-state index in [0.717, 1.165) is 27.0 Å². The van der Waals surface area contributed by atoms with Crippen LogP contribution in [0.2, 0.25) is 0 Å². The van der Waals surface area contributed by atoms with Crippen molar-refractivity contribution in [1.29, 1.82) is 0 Å². The predicted octanol–water partition coefficient (Wildman–Crippen LogP) is 3.26. The highest BCUT2D eigenvalue weighted by Crippen LogP contribution is 2.30. The zero-order chi connectivity index (χ0) is 13.1. The zero-order valence-electron chi connectivity index (χ0n) is 10.0. The minimum atomic E-state index is -0.895. The van der Waals surface area contributed by atoms with E-state index in [4.69, 9.17) is 5.11 Å². The molecule has 1 aromatic heterocycles. The third-order valence-corrected chi connectivity index (χ3v) is 4.18. The average Bonchev–Trinajstić information content (AvgIpc) is 2.76. The van der Waals surface area contributed by atoms with Crippen LogP contribution in [0.5, 0.6) is 0 Å². The van der Waals surface area contributed by atoms with Crippen LogP contribution in [-0.2, 0) is 6.42 Å². The van der Waals surface area contributed by atoms with Crippen molar-refractivity contribution in [2.75, 3.05) is 0 Å². The van der Waals surface area contributed by atoms with Crippen LogP contribution in [0.1, 0.15) is 28.7 Å². The third kappa shape index (κ3) is 2.88. The van der Waals surface area contributed by atoms with Gasteiger partial charge in [0.2, 0.25) is 0 Å². The van der Waals surface area contributed by atoms with Gasteiger partial charge in [-0.2, -0.15) is 4.37 Å². The molecule has 0 saturated heterocycles. The summed E-state index contributed by atoms with van der Waals surface area (Å²) < 4.78 is 5.10. The number of carboxylic acid groups (broad SMARTS) is 1. The molecule has 0 saturated carbocycles. The topological polar surface area (TPSA) is 63.1 Å². The Kier molecular flexibility index (Phi) is 3.98. The number of benzene rings is 1. The van der Waals surface area contributed by atoms with Crippen molar-refractivity contribution in [3.8, 4) is 0 Å². The Morgan fingerprint density at radius 3 is 2.83 bits per heavy atom. The lowest BCUT2D eigenvalue weighted by molar-refractivity contribution is 0.0696. The van der Waals surface area contributed by atoms with E-state index in [9.17, 15) is 4.79 Å². The maximum absolute atomic E-state index is 10.9. The predicted molar refractivity (Wildman–Crippen MR) is 71.5 cm³/mol. The van der Waals surface area contributed by atoms with Crippen LogP contribution < -0.4 is 0 Å². The summed E-state index contributed by atoms with van der Waals surface area (Å²) in [5.74, 6) is -0.0467. The number of hydrogen-bond donors (Lipinski definition) is 1. The molecular weight excluding hydrogens is 268 g/mol. The highest BCUT2D eigenvalue weighted by Gasteiger charge is 2.09. The average molecular weight is 280 g/mol. The van der Waals surface area contributed by atoms with Gasteiger partial charge >= 0.3 is 5.97 Å². The number of hydrogen-bond acceptors (Lipinski definition) is 5. The van der Waals surface area contributed by atoms with Gasteiger partial charge in [-0.15, -0.1) is 0 Å². The minimum absolute atomic E-state index is 0.339. The van der Waals surface area contributed by atoms with Gasteiger partial charge in [0.15, 0.2) is 4.34 Å². The first-order valence-corrected chi connectivity index (χ1v) is 7.03. The molecule has 0 unspecified atom stereocenters. The number of aromatic nitrogens is 2. The summed E-state index contributed by atoms with van der Waals surface area (Å²) in [5.41, 5.74) is 1.10. The monoisotopic (exact) mass is 280 g/mol. The highest BCUT2D eigenvalue weighted by atomic mass is 32.2. The molecule has 6 heteroatoms. The van der Waals surface area contributed by atoms with Crippen LogP contribution in [0.25, 0.3) is 0 Å². The lowest BCUT2D eigenvalue weighted by Gasteiger charge is -2.03. The Bertz CT molecular complexity index is 581. The number of aromatic carboxylic acids is 1. The van der Waals surface area contributed by atoms with Gasteiger partial charge in [0.05, 0.1) is 5.56 Å². The van der Waals surface area contributed by atoms with E-state index in [0.29, 0.717) is 5.56 Å². The standard InChI is InChI=1S/C12H12N2O2S2/c1-3-10-13-12(18-14-10)17-8-4-5-9(11(15)16)7(2)6-8/h4-6H,3H2,1-2H3,(H,15,16). The minimum Gasteiger partial charge on any atom is -0.478 e. The molecule has 0 aliphatic heterocycles. The van der Waals surface area contributed by atoms with Crippen molar-refractivity contribution in [3.05, 3.63) is 35.2 Å². The molecule has 2 rings (SSSR count). The third-order valence-electron chi connectivity index (χ3n) is 2.40. The number of carbonyl (C=O) groups is 1. The number of rotatable bonds is 4. The fraction of sp³-hybridized carbons (Fsp3) is 0.250. The van der Waals surface area contributed by atoms with Crippen LogP contribution in [0.15, 0.2) is 27.4 Å². The largest absolute Gasteiger partial charge is 0.478 e. The summed E-state index contributed by atoms with van der Waals surface area (Å²) in [6.07, 6.45) is 0.827. The molecule has 0 aliphatic carbocycles. The Morgan fingerprint density at radius 1 is 1.50 bits per heavy atom. The first kappa shape index (κ1) is 13.0. The first-order valence-electron chi connectivity index (χ1n) is 5.44. The fourth-order valence-corrected chi connectivity index (χ4v) is 3.24. The van der Waals surface area contributed by atoms with Crippen LogP contribution in [-0.4, -0.2) is 20.4 Å². The van der Waals surface area contributed by atoms with E-state index in [1.165, 1.54) is 23.3 Å². The number of carboxylic acids is 1. The molecule has 2 aromatic rings. The van der Waals surface area contributed by atoms with Gasteiger partial charge in [-0.25, -0.2) is 9.78 Å². The second-order valence-electron chi connectivity index (χ2n) is 3.71. The van der Waals surface area contributed by atoms with Gasteiger partial charge in [-0.1, -0.05) is 18.7 Å². The number of aryl methyl sites for hydroxylation is 2. The smallest absolute Gasteiger partial charge is 0.335 e. The molecule has 0 atom stereocenters. The second kappa shape index (κ2) is 5.49. The highest BCUT2D eigenvalue weighted by molar-refractivity contribution is 8.01. The van der Waals surface area contributed by atoms with E-state index in [1.807, 2.05) is 13.0 Å². The first-order chi connectivity index (χ1) is 8.60. The Balaban J connectivity index is 2.19. The Morgan fingerprint density at radius 2 is 2.28 bits per heavy atom. The van der Waals surface area contributed by atoms with Crippen LogP contribution in [0.4, 0.5) is 0 Å². The molecular formula is C12H12N2O2S2. The molecule has 0 radical (unpaired) electrons. The summed E-state index contributed by atoms with van der Waals surface area (Å²) in [4.78, 5) is 16.3. The van der Waals surface area contributed by atoms with Crippen molar-refractivity contribution < 1.29 is 9.90 Å². The molecule has 0 amide bonds. The van der Waals surface area contributed by atoms with E-state index in [2.05, 4.69) is 9.36 Å². The molecule has 1 N–H and O–H groups in total. The van der Waals surface area contributed by atoms with E-state index in [1.54, 1.807) is 19.1 Å². The van der Waals surface area contributed by atoms with E-state index >= 15 is 0 Å². The van der Waals surface area contributed by atoms with Crippen molar-refractivity contribution >= 4 is 29.3 Å². The summed E-state index contributed by atoms with van der Waals surface area (Å²) in [6, 6.07) is 5.29. The SMILES string of the molecule is CCc1nsc(Sc2ccc(C(=O)O)c(C)c2)n1. The van der Waals surface area contributed by atoms with Crippen LogP contribution in [0.3, 0.4) is 0 Å². The van der Waals surface area contributed by atoms with Gasteiger partial charge in [-0.05, 0) is 42.2 Å². The molecule has 4 nitrogen and oxygen atoms in total. The van der Waals surface area contributed by atoms with Crippen LogP contribution in [0, 0.1) is 6.92 Å². The van der Waals surface area contributed by atoms with Crippen molar-refractivity contribution in [2.45, 2.75) is 29.5 Å².